The van der Waals surface area contributed by atoms with E-state index in [1.165, 1.54) is 0 Å². The molecule has 5 heteroatoms. The van der Waals surface area contributed by atoms with Crippen LogP contribution in [0.1, 0.15) is 28.6 Å². The number of rotatable bonds is 4. The van der Waals surface area contributed by atoms with Crippen molar-refractivity contribution in [2.75, 3.05) is 14.2 Å². The summed E-state index contributed by atoms with van der Waals surface area (Å²) in [5.41, 5.74) is 10.2. The van der Waals surface area contributed by atoms with Gasteiger partial charge in [-0.25, -0.2) is 0 Å². The molecule has 0 aliphatic heterocycles. The Morgan fingerprint density at radius 1 is 1.10 bits per heavy atom. The first-order valence-corrected chi connectivity index (χ1v) is 7.38. The molecular formula is C16H19BrN2O2. The number of pyridine rings is 1. The Bertz CT molecular complexity index is 639. The lowest BCUT2D eigenvalue weighted by Crippen LogP contribution is -2.14. The summed E-state index contributed by atoms with van der Waals surface area (Å²) in [7, 11) is 3.24. The molecule has 21 heavy (non-hydrogen) atoms. The number of halogens is 1. The van der Waals surface area contributed by atoms with Crippen molar-refractivity contribution in [3.8, 4) is 11.5 Å². The summed E-state index contributed by atoms with van der Waals surface area (Å²) in [6, 6.07) is 7.51. The van der Waals surface area contributed by atoms with Crippen LogP contribution in [0.3, 0.4) is 0 Å². The molecule has 0 aliphatic rings. The van der Waals surface area contributed by atoms with Gasteiger partial charge in [-0.15, -0.1) is 0 Å². The third-order valence-electron chi connectivity index (χ3n) is 3.31. The minimum absolute atomic E-state index is 0.289. The maximum Gasteiger partial charge on any atom is 0.141 e. The van der Waals surface area contributed by atoms with Crippen molar-refractivity contribution in [1.29, 1.82) is 0 Å². The van der Waals surface area contributed by atoms with Crippen LogP contribution in [0.15, 0.2) is 28.7 Å². The number of hydrogen-bond acceptors (Lipinski definition) is 4. The number of nitrogens with zero attached hydrogens (tertiary/aromatic N) is 1. The minimum atomic E-state index is -0.289. The quantitative estimate of drug-likeness (QED) is 0.916. The van der Waals surface area contributed by atoms with Gasteiger partial charge in [0, 0.05) is 17.0 Å². The zero-order valence-corrected chi connectivity index (χ0v) is 14.2. The molecule has 0 saturated carbocycles. The van der Waals surface area contributed by atoms with Crippen molar-refractivity contribution < 1.29 is 9.47 Å². The summed E-state index contributed by atoms with van der Waals surface area (Å²) in [5.74, 6) is 1.40. The molecule has 0 amide bonds. The van der Waals surface area contributed by atoms with E-state index in [1.807, 2.05) is 38.1 Å². The molecule has 0 bridgehead atoms. The first-order chi connectivity index (χ1) is 9.97. The van der Waals surface area contributed by atoms with Crippen LogP contribution in [0.25, 0.3) is 0 Å². The van der Waals surface area contributed by atoms with Crippen molar-refractivity contribution in [2.45, 2.75) is 19.9 Å². The average molecular weight is 351 g/mol. The molecule has 2 rings (SSSR count). The first-order valence-electron chi connectivity index (χ1n) is 6.59. The summed E-state index contributed by atoms with van der Waals surface area (Å²) in [4.78, 5) is 4.38. The van der Waals surface area contributed by atoms with Crippen molar-refractivity contribution in [3.05, 3.63) is 51.3 Å². The molecular weight excluding hydrogens is 332 g/mol. The molecule has 0 spiro atoms. The fourth-order valence-corrected chi connectivity index (χ4v) is 3.07. The summed E-state index contributed by atoms with van der Waals surface area (Å²) in [5, 5.41) is 0. The van der Waals surface area contributed by atoms with E-state index >= 15 is 0 Å². The van der Waals surface area contributed by atoms with Gasteiger partial charge in [0.1, 0.15) is 16.0 Å². The van der Waals surface area contributed by atoms with E-state index in [9.17, 15) is 0 Å². The lowest BCUT2D eigenvalue weighted by atomic mass is 9.98. The smallest absolute Gasteiger partial charge is 0.141 e. The van der Waals surface area contributed by atoms with E-state index in [2.05, 4.69) is 20.9 Å². The fourth-order valence-electron chi connectivity index (χ4n) is 2.39. The molecule has 1 atom stereocenters. The SMILES string of the molecule is COc1ccc(C(N)c2cc(C)nc(C)c2)c(OC)c1Br. The molecule has 1 aromatic carbocycles. The van der Waals surface area contributed by atoms with Gasteiger partial charge in [0.05, 0.1) is 20.3 Å². The van der Waals surface area contributed by atoms with E-state index in [4.69, 9.17) is 15.2 Å². The van der Waals surface area contributed by atoms with Gasteiger partial charge >= 0.3 is 0 Å². The van der Waals surface area contributed by atoms with Gasteiger partial charge in [-0.1, -0.05) is 0 Å². The van der Waals surface area contributed by atoms with Gasteiger partial charge in [0.2, 0.25) is 0 Å². The number of methoxy groups -OCH3 is 2. The number of hydrogen-bond donors (Lipinski definition) is 1. The predicted octanol–water partition coefficient (Wildman–Crippen LogP) is 3.53. The highest BCUT2D eigenvalue weighted by Crippen LogP contribution is 2.40. The lowest BCUT2D eigenvalue weighted by Gasteiger charge is -2.19. The van der Waals surface area contributed by atoms with E-state index in [-0.39, 0.29) is 6.04 Å². The number of aromatic nitrogens is 1. The standard InChI is InChI=1S/C16H19BrN2O2/c1-9-7-11(8-10(2)19-9)15(18)12-5-6-13(20-3)14(17)16(12)21-4/h5-8,15H,18H2,1-4H3. The largest absolute Gasteiger partial charge is 0.495 e. The summed E-state index contributed by atoms with van der Waals surface area (Å²) in [6.07, 6.45) is 0. The van der Waals surface area contributed by atoms with Gasteiger partial charge in [0.15, 0.2) is 0 Å². The summed E-state index contributed by atoms with van der Waals surface area (Å²) < 4.78 is 11.6. The number of ether oxygens (including phenoxy) is 2. The van der Waals surface area contributed by atoms with Gasteiger partial charge in [-0.05, 0) is 59.6 Å². The van der Waals surface area contributed by atoms with Crippen LogP contribution in [-0.2, 0) is 0 Å². The maximum absolute atomic E-state index is 6.42. The number of nitrogens with two attached hydrogens (primary N) is 1. The molecule has 0 radical (unpaired) electrons. The number of aryl methyl sites for hydroxylation is 2. The van der Waals surface area contributed by atoms with Crippen molar-refractivity contribution >= 4 is 15.9 Å². The molecule has 0 aliphatic carbocycles. The Morgan fingerprint density at radius 2 is 1.71 bits per heavy atom. The average Bonchev–Trinajstić information content (AvgIpc) is 2.45. The second-order valence-corrected chi connectivity index (χ2v) is 5.66. The minimum Gasteiger partial charge on any atom is -0.495 e. The van der Waals surface area contributed by atoms with E-state index in [0.29, 0.717) is 11.5 Å². The lowest BCUT2D eigenvalue weighted by molar-refractivity contribution is 0.385. The Labute approximate surface area is 133 Å². The first kappa shape index (κ1) is 15.8. The Hall–Kier alpha value is -1.59. The van der Waals surface area contributed by atoms with Crippen molar-refractivity contribution in [3.63, 3.8) is 0 Å². The van der Waals surface area contributed by atoms with Gasteiger partial charge in [0.25, 0.3) is 0 Å². The molecule has 1 heterocycles. The van der Waals surface area contributed by atoms with Crippen LogP contribution in [0.4, 0.5) is 0 Å². The van der Waals surface area contributed by atoms with E-state index in [0.717, 1.165) is 27.0 Å². The highest BCUT2D eigenvalue weighted by molar-refractivity contribution is 9.10. The Kier molecular flexibility index (Phi) is 4.85. The zero-order valence-electron chi connectivity index (χ0n) is 12.6. The van der Waals surface area contributed by atoms with Crippen molar-refractivity contribution in [2.24, 2.45) is 5.73 Å². The third kappa shape index (κ3) is 3.19. The molecule has 112 valence electrons. The monoisotopic (exact) mass is 350 g/mol. The number of benzene rings is 1. The van der Waals surface area contributed by atoms with E-state index in [1.54, 1.807) is 14.2 Å². The van der Waals surface area contributed by atoms with Gasteiger partial charge < -0.3 is 15.2 Å². The van der Waals surface area contributed by atoms with Crippen LogP contribution >= 0.6 is 15.9 Å². The highest BCUT2D eigenvalue weighted by atomic mass is 79.9. The second kappa shape index (κ2) is 6.45. The fraction of sp³-hybridized carbons (Fsp3) is 0.312. The van der Waals surface area contributed by atoms with Crippen LogP contribution in [0.5, 0.6) is 11.5 Å². The third-order valence-corrected chi connectivity index (χ3v) is 4.07. The van der Waals surface area contributed by atoms with Crippen molar-refractivity contribution in [1.82, 2.24) is 4.98 Å². The Morgan fingerprint density at radius 3 is 2.24 bits per heavy atom. The summed E-state index contributed by atoms with van der Waals surface area (Å²) >= 11 is 3.50. The molecule has 2 aromatic rings. The highest BCUT2D eigenvalue weighted by Gasteiger charge is 2.19. The molecule has 1 unspecified atom stereocenters. The van der Waals surface area contributed by atoms with Gasteiger partial charge in [-0.2, -0.15) is 0 Å². The van der Waals surface area contributed by atoms with Crippen LogP contribution < -0.4 is 15.2 Å². The molecule has 0 saturated heterocycles. The maximum atomic E-state index is 6.42. The molecule has 0 fully saturated rings. The van der Waals surface area contributed by atoms with E-state index < -0.39 is 0 Å². The molecule has 2 N–H and O–H groups in total. The van der Waals surface area contributed by atoms with Gasteiger partial charge in [-0.3, -0.25) is 4.98 Å². The molecule has 1 aromatic heterocycles. The normalized spacial score (nSPS) is 12.1. The van der Waals surface area contributed by atoms with Crippen LogP contribution in [0, 0.1) is 13.8 Å². The zero-order chi connectivity index (χ0) is 15.6. The molecule has 4 nitrogen and oxygen atoms in total. The summed E-state index contributed by atoms with van der Waals surface area (Å²) in [6.45, 7) is 3.93. The van der Waals surface area contributed by atoms with Crippen LogP contribution in [0.2, 0.25) is 0 Å². The second-order valence-electron chi connectivity index (χ2n) is 4.87. The topological polar surface area (TPSA) is 57.4 Å². The van der Waals surface area contributed by atoms with Crippen LogP contribution in [-0.4, -0.2) is 19.2 Å². The predicted molar refractivity (Wildman–Crippen MR) is 87.0 cm³/mol. The Balaban J connectivity index is 2.52.